The summed E-state index contributed by atoms with van der Waals surface area (Å²) in [6.45, 7) is 1.64. The lowest BCUT2D eigenvalue weighted by atomic mass is 10.1. The van der Waals surface area contributed by atoms with Gasteiger partial charge < -0.3 is 21.1 Å². The third-order valence-corrected chi connectivity index (χ3v) is 3.11. The van der Waals surface area contributed by atoms with Crippen LogP contribution in [0.15, 0.2) is 18.2 Å². The van der Waals surface area contributed by atoms with Crippen molar-refractivity contribution in [3.63, 3.8) is 0 Å². The zero-order valence-corrected chi connectivity index (χ0v) is 9.85. The first-order valence-electron chi connectivity index (χ1n) is 5.59. The van der Waals surface area contributed by atoms with Gasteiger partial charge in [-0.3, -0.25) is 4.79 Å². The number of anilines is 2. The fraction of sp³-hybridized carbons (Fsp3) is 0.417. The highest BCUT2D eigenvalue weighted by Crippen LogP contribution is 2.27. The molecule has 0 aromatic heterocycles. The molecule has 4 N–H and O–H groups in total. The third-order valence-electron chi connectivity index (χ3n) is 3.11. The van der Waals surface area contributed by atoms with Gasteiger partial charge in [-0.15, -0.1) is 0 Å². The Morgan fingerprint density at radius 2 is 2.29 bits per heavy atom. The van der Waals surface area contributed by atoms with Gasteiger partial charge in [-0.05, 0) is 24.6 Å². The van der Waals surface area contributed by atoms with Crippen LogP contribution in [-0.4, -0.2) is 32.2 Å². The van der Waals surface area contributed by atoms with Crippen molar-refractivity contribution in [1.82, 2.24) is 0 Å². The number of methoxy groups -OCH3 is 1. The average Bonchev–Trinajstić information content (AvgIpc) is 2.77. The van der Waals surface area contributed by atoms with Crippen LogP contribution < -0.4 is 16.4 Å². The van der Waals surface area contributed by atoms with Gasteiger partial charge in [0.05, 0.1) is 11.7 Å². The average molecular weight is 235 g/mol. The van der Waals surface area contributed by atoms with Gasteiger partial charge in [0.15, 0.2) is 0 Å². The predicted octanol–water partition coefficient (Wildman–Crippen LogP) is 0.593. The summed E-state index contributed by atoms with van der Waals surface area (Å²) in [4.78, 5) is 13.5. The van der Waals surface area contributed by atoms with E-state index in [4.69, 9.17) is 16.2 Å². The standard InChI is InChI=1S/C12H17N3O2/c1-17-9-4-5-15(7-9)11-3-2-8(13)6-10(11)12(14)16/h2-3,6,9H,4-5,7,13H2,1H3,(H2,14,16). The molecule has 1 fully saturated rings. The smallest absolute Gasteiger partial charge is 0.250 e. The molecule has 0 bridgehead atoms. The molecule has 2 rings (SSSR count). The van der Waals surface area contributed by atoms with Crippen LogP contribution in [0.4, 0.5) is 11.4 Å². The number of nitrogen functional groups attached to an aromatic ring is 1. The predicted molar refractivity (Wildman–Crippen MR) is 67.0 cm³/mol. The Morgan fingerprint density at radius 3 is 2.88 bits per heavy atom. The van der Waals surface area contributed by atoms with Crippen molar-refractivity contribution < 1.29 is 9.53 Å². The Bertz CT molecular complexity index is 434. The third kappa shape index (κ3) is 2.34. The molecule has 1 aliphatic heterocycles. The minimum Gasteiger partial charge on any atom is -0.399 e. The summed E-state index contributed by atoms with van der Waals surface area (Å²) in [7, 11) is 1.70. The lowest BCUT2D eigenvalue weighted by Crippen LogP contribution is -2.25. The second-order valence-electron chi connectivity index (χ2n) is 4.23. The summed E-state index contributed by atoms with van der Waals surface area (Å²) in [6.07, 6.45) is 1.17. The van der Waals surface area contributed by atoms with Crippen molar-refractivity contribution in [3.8, 4) is 0 Å². The van der Waals surface area contributed by atoms with Crippen LogP contribution in [0.2, 0.25) is 0 Å². The molecule has 0 spiro atoms. The van der Waals surface area contributed by atoms with Crippen molar-refractivity contribution in [2.24, 2.45) is 5.73 Å². The number of hydrogen-bond acceptors (Lipinski definition) is 4. The molecule has 1 unspecified atom stereocenters. The van der Waals surface area contributed by atoms with Gasteiger partial charge >= 0.3 is 0 Å². The van der Waals surface area contributed by atoms with E-state index in [-0.39, 0.29) is 6.10 Å². The molecule has 1 atom stereocenters. The molecule has 0 saturated carbocycles. The van der Waals surface area contributed by atoms with Crippen LogP contribution >= 0.6 is 0 Å². The van der Waals surface area contributed by atoms with Crippen molar-refractivity contribution in [3.05, 3.63) is 23.8 Å². The molecule has 5 nitrogen and oxygen atoms in total. The number of nitrogens with zero attached hydrogens (tertiary/aromatic N) is 1. The Hall–Kier alpha value is -1.75. The SMILES string of the molecule is COC1CCN(c2ccc(N)cc2C(N)=O)C1. The minimum atomic E-state index is -0.451. The highest BCUT2D eigenvalue weighted by Gasteiger charge is 2.24. The number of amides is 1. The molecule has 0 radical (unpaired) electrons. The lowest BCUT2D eigenvalue weighted by Gasteiger charge is -2.21. The van der Waals surface area contributed by atoms with Crippen LogP contribution in [0.5, 0.6) is 0 Å². The number of carbonyl (C=O) groups is 1. The van der Waals surface area contributed by atoms with E-state index in [0.29, 0.717) is 11.3 Å². The maximum Gasteiger partial charge on any atom is 0.250 e. The molecule has 0 aliphatic carbocycles. The van der Waals surface area contributed by atoms with E-state index in [9.17, 15) is 4.79 Å². The largest absolute Gasteiger partial charge is 0.399 e. The summed E-state index contributed by atoms with van der Waals surface area (Å²) >= 11 is 0. The molecule has 1 heterocycles. The van der Waals surface area contributed by atoms with E-state index < -0.39 is 5.91 Å². The maximum atomic E-state index is 11.4. The highest BCUT2D eigenvalue weighted by molar-refractivity contribution is 5.99. The topological polar surface area (TPSA) is 81.6 Å². The first-order valence-corrected chi connectivity index (χ1v) is 5.59. The van der Waals surface area contributed by atoms with Gasteiger partial charge in [0.2, 0.25) is 0 Å². The molecule has 5 heteroatoms. The van der Waals surface area contributed by atoms with Gasteiger partial charge in [-0.2, -0.15) is 0 Å². The number of carbonyl (C=O) groups excluding carboxylic acids is 1. The van der Waals surface area contributed by atoms with Crippen molar-refractivity contribution >= 4 is 17.3 Å². The van der Waals surface area contributed by atoms with Crippen LogP contribution in [0, 0.1) is 0 Å². The summed E-state index contributed by atoms with van der Waals surface area (Å²) in [5.41, 5.74) is 12.9. The van der Waals surface area contributed by atoms with Gasteiger partial charge in [0, 0.05) is 31.6 Å². The fourth-order valence-electron chi connectivity index (χ4n) is 2.17. The summed E-state index contributed by atoms with van der Waals surface area (Å²) in [5, 5.41) is 0. The van der Waals surface area contributed by atoms with E-state index in [2.05, 4.69) is 4.90 Å². The quantitative estimate of drug-likeness (QED) is 0.751. The number of benzene rings is 1. The molecule has 1 aromatic carbocycles. The molecule has 17 heavy (non-hydrogen) atoms. The minimum absolute atomic E-state index is 0.216. The van der Waals surface area contributed by atoms with Crippen molar-refractivity contribution in [2.75, 3.05) is 30.8 Å². The van der Waals surface area contributed by atoms with Gasteiger partial charge in [0.25, 0.3) is 5.91 Å². The normalized spacial score (nSPS) is 19.6. The molecule has 1 saturated heterocycles. The van der Waals surface area contributed by atoms with E-state index in [0.717, 1.165) is 25.2 Å². The number of nitrogens with two attached hydrogens (primary N) is 2. The van der Waals surface area contributed by atoms with Gasteiger partial charge in [-0.1, -0.05) is 0 Å². The second kappa shape index (κ2) is 4.63. The maximum absolute atomic E-state index is 11.4. The zero-order chi connectivity index (χ0) is 12.4. The summed E-state index contributed by atoms with van der Waals surface area (Å²) in [5.74, 6) is -0.451. The number of hydrogen-bond donors (Lipinski definition) is 2. The van der Waals surface area contributed by atoms with Crippen molar-refractivity contribution in [2.45, 2.75) is 12.5 Å². The molecule has 1 aliphatic rings. The summed E-state index contributed by atoms with van der Waals surface area (Å²) < 4.78 is 5.30. The van der Waals surface area contributed by atoms with Gasteiger partial charge in [-0.25, -0.2) is 0 Å². The van der Waals surface area contributed by atoms with Crippen LogP contribution in [0.1, 0.15) is 16.8 Å². The molecule has 1 aromatic rings. The second-order valence-corrected chi connectivity index (χ2v) is 4.23. The van der Waals surface area contributed by atoms with E-state index in [1.54, 1.807) is 19.2 Å². The Kier molecular flexibility index (Phi) is 3.19. The fourth-order valence-corrected chi connectivity index (χ4v) is 2.17. The molecular weight excluding hydrogens is 218 g/mol. The zero-order valence-electron chi connectivity index (χ0n) is 9.85. The van der Waals surface area contributed by atoms with E-state index in [1.165, 1.54) is 0 Å². The molecular formula is C12H17N3O2. The van der Waals surface area contributed by atoms with Crippen LogP contribution in [-0.2, 0) is 4.74 Å². The monoisotopic (exact) mass is 235 g/mol. The van der Waals surface area contributed by atoms with E-state index in [1.807, 2.05) is 6.07 Å². The van der Waals surface area contributed by atoms with Crippen LogP contribution in [0.25, 0.3) is 0 Å². The molecule has 1 amide bonds. The Balaban J connectivity index is 2.29. The van der Waals surface area contributed by atoms with Gasteiger partial charge in [0.1, 0.15) is 0 Å². The first kappa shape index (κ1) is 11.7. The highest BCUT2D eigenvalue weighted by atomic mass is 16.5. The van der Waals surface area contributed by atoms with Crippen LogP contribution in [0.3, 0.4) is 0 Å². The Morgan fingerprint density at radius 1 is 1.53 bits per heavy atom. The van der Waals surface area contributed by atoms with Crippen molar-refractivity contribution in [1.29, 1.82) is 0 Å². The van der Waals surface area contributed by atoms with E-state index >= 15 is 0 Å². The number of rotatable bonds is 3. The lowest BCUT2D eigenvalue weighted by molar-refractivity contribution is 0.100. The molecule has 92 valence electrons. The number of ether oxygens (including phenoxy) is 1. The summed E-state index contributed by atoms with van der Waals surface area (Å²) in [6, 6.07) is 5.24. The number of primary amides is 1. The Labute approximate surface area is 100 Å². The first-order chi connectivity index (χ1) is 8.11.